The van der Waals surface area contributed by atoms with Crippen molar-refractivity contribution >= 4 is 11.4 Å². The molecule has 7 nitrogen and oxygen atoms in total. The maximum absolute atomic E-state index is 10.9. The molecule has 1 N–H and O–H groups in total. The van der Waals surface area contributed by atoms with Crippen molar-refractivity contribution in [3.63, 3.8) is 0 Å². The Morgan fingerprint density at radius 1 is 1.35 bits per heavy atom. The van der Waals surface area contributed by atoms with E-state index < -0.39 is 4.92 Å². The molecule has 0 aliphatic carbocycles. The third-order valence-corrected chi connectivity index (χ3v) is 2.63. The number of hydrogen-bond donors (Lipinski definition) is 1. The van der Waals surface area contributed by atoms with Crippen LogP contribution in [0.2, 0.25) is 0 Å². The number of benzene rings is 1. The van der Waals surface area contributed by atoms with Crippen molar-refractivity contribution in [2.45, 2.75) is 13.0 Å². The fourth-order valence-corrected chi connectivity index (χ4v) is 1.67. The summed E-state index contributed by atoms with van der Waals surface area (Å²) in [7, 11) is 3.18. The zero-order chi connectivity index (χ0) is 15.0. The van der Waals surface area contributed by atoms with E-state index in [1.54, 1.807) is 20.3 Å². The second kappa shape index (κ2) is 8.34. The molecule has 0 heterocycles. The van der Waals surface area contributed by atoms with Gasteiger partial charge in [0.2, 0.25) is 0 Å². The van der Waals surface area contributed by atoms with Crippen LogP contribution in [-0.4, -0.2) is 45.0 Å². The molecule has 112 valence electrons. The molecule has 1 aromatic rings. The highest BCUT2D eigenvalue weighted by Gasteiger charge is 2.12. The molecule has 1 aromatic carbocycles. The van der Waals surface area contributed by atoms with Gasteiger partial charge in [-0.3, -0.25) is 10.1 Å². The van der Waals surface area contributed by atoms with Gasteiger partial charge in [0.15, 0.2) is 0 Å². The number of methoxy groups -OCH3 is 2. The van der Waals surface area contributed by atoms with Crippen molar-refractivity contribution in [3.05, 3.63) is 28.3 Å². The maximum Gasteiger partial charge on any atom is 0.275 e. The summed E-state index contributed by atoms with van der Waals surface area (Å²) >= 11 is 0. The number of nitrogens with zero attached hydrogens (tertiary/aromatic N) is 1. The van der Waals surface area contributed by atoms with E-state index in [0.717, 1.165) is 0 Å². The molecule has 0 aromatic heterocycles. The molecule has 20 heavy (non-hydrogen) atoms. The lowest BCUT2D eigenvalue weighted by Gasteiger charge is -2.16. The summed E-state index contributed by atoms with van der Waals surface area (Å²) in [5, 5.41) is 14.0. The number of anilines is 1. The zero-order valence-electron chi connectivity index (χ0n) is 11.9. The second-order valence-electron chi connectivity index (χ2n) is 4.10. The number of rotatable bonds is 9. The fourth-order valence-electron chi connectivity index (χ4n) is 1.67. The first-order valence-electron chi connectivity index (χ1n) is 6.28. The lowest BCUT2D eigenvalue weighted by molar-refractivity contribution is -0.384. The smallest absolute Gasteiger partial charge is 0.275 e. The van der Waals surface area contributed by atoms with Gasteiger partial charge in [-0.25, -0.2) is 0 Å². The van der Waals surface area contributed by atoms with Crippen molar-refractivity contribution in [1.82, 2.24) is 0 Å². The van der Waals surface area contributed by atoms with E-state index in [1.165, 1.54) is 12.1 Å². The van der Waals surface area contributed by atoms with Gasteiger partial charge in [0, 0.05) is 38.6 Å². The SMILES string of the molecule is CCOc1cc(NCC(COC)OC)cc([N+](=O)[O-])c1. The average Bonchev–Trinajstić information content (AvgIpc) is 2.43. The van der Waals surface area contributed by atoms with E-state index >= 15 is 0 Å². The molecule has 1 atom stereocenters. The number of nitro groups is 1. The number of ether oxygens (including phenoxy) is 3. The molecule has 1 rings (SSSR count). The van der Waals surface area contributed by atoms with Crippen molar-refractivity contribution in [3.8, 4) is 5.75 Å². The predicted octanol–water partition coefficient (Wildman–Crippen LogP) is 2.07. The van der Waals surface area contributed by atoms with Gasteiger partial charge in [0.05, 0.1) is 30.3 Å². The summed E-state index contributed by atoms with van der Waals surface area (Å²) in [6, 6.07) is 4.58. The Balaban J connectivity index is 2.79. The van der Waals surface area contributed by atoms with Gasteiger partial charge in [-0.15, -0.1) is 0 Å². The van der Waals surface area contributed by atoms with Gasteiger partial charge in [0.25, 0.3) is 5.69 Å². The summed E-state index contributed by atoms with van der Waals surface area (Å²) in [6.07, 6.45) is -0.130. The summed E-state index contributed by atoms with van der Waals surface area (Å²) in [6.45, 7) is 3.20. The number of non-ortho nitro benzene ring substituents is 1. The Morgan fingerprint density at radius 2 is 2.10 bits per heavy atom. The minimum atomic E-state index is -0.448. The molecule has 0 amide bonds. The van der Waals surface area contributed by atoms with Crippen LogP contribution in [0.1, 0.15) is 6.92 Å². The standard InChI is InChI=1S/C13H20N2O5/c1-4-20-12-6-10(5-11(7-12)15(16)17)14-8-13(19-3)9-18-2/h5-7,13-14H,4,8-9H2,1-3H3. The first-order chi connectivity index (χ1) is 9.60. The summed E-state index contributed by atoms with van der Waals surface area (Å²) in [5.41, 5.74) is 0.597. The zero-order valence-corrected chi connectivity index (χ0v) is 11.9. The van der Waals surface area contributed by atoms with Crippen LogP contribution in [0.25, 0.3) is 0 Å². The molecule has 0 saturated heterocycles. The molecule has 0 bridgehead atoms. The van der Waals surface area contributed by atoms with E-state index in [9.17, 15) is 10.1 Å². The molecule has 0 aliphatic heterocycles. The van der Waals surface area contributed by atoms with Crippen LogP contribution in [0.5, 0.6) is 5.75 Å². The first kappa shape index (κ1) is 16.2. The average molecular weight is 284 g/mol. The molecule has 0 aliphatic rings. The van der Waals surface area contributed by atoms with Crippen LogP contribution < -0.4 is 10.1 Å². The Hall–Kier alpha value is -1.86. The minimum Gasteiger partial charge on any atom is -0.494 e. The molecular weight excluding hydrogens is 264 g/mol. The van der Waals surface area contributed by atoms with Crippen LogP contribution in [0.3, 0.4) is 0 Å². The van der Waals surface area contributed by atoms with Gasteiger partial charge in [-0.05, 0) is 6.92 Å². The van der Waals surface area contributed by atoms with Gasteiger partial charge in [-0.2, -0.15) is 0 Å². The molecule has 7 heteroatoms. The van der Waals surface area contributed by atoms with Crippen LogP contribution in [0, 0.1) is 10.1 Å². The van der Waals surface area contributed by atoms with E-state index in [0.29, 0.717) is 31.2 Å². The summed E-state index contributed by atoms with van der Waals surface area (Å²) in [5.74, 6) is 0.463. The van der Waals surface area contributed by atoms with Crippen molar-refractivity contribution in [2.75, 3.05) is 39.3 Å². The minimum absolute atomic E-state index is 0.0147. The molecule has 1 unspecified atom stereocenters. The summed E-state index contributed by atoms with van der Waals surface area (Å²) in [4.78, 5) is 10.4. The lowest BCUT2D eigenvalue weighted by atomic mass is 10.2. The van der Waals surface area contributed by atoms with Crippen LogP contribution >= 0.6 is 0 Å². The highest BCUT2D eigenvalue weighted by Crippen LogP contribution is 2.26. The topological polar surface area (TPSA) is 82.9 Å². The number of hydrogen-bond acceptors (Lipinski definition) is 6. The maximum atomic E-state index is 10.9. The quantitative estimate of drug-likeness (QED) is 0.552. The van der Waals surface area contributed by atoms with Gasteiger partial charge in [-0.1, -0.05) is 0 Å². The van der Waals surface area contributed by atoms with Gasteiger partial charge in [0.1, 0.15) is 5.75 Å². The second-order valence-corrected chi connectivity index (χ2v) is 4.10. The lowest BCUT2D eigenvalue weighted by Crippen LogP contribution is -2.26. The van der Waals surface area contributed by atoms with Crippen LogP contribution in [0.15, 0.2) is 18.2 Å². The third kappa shape index (κ3) is 5.02. The molecule has 0 radical (unpaired) electrons. The fraction of sp³-hybridized carbons (Fsp3) is 0.538. The Labute approximate surface area is 118 Å². The van der Waals surface area contributed by atoms with Gasteiger partial charge < -0.3 is 19.5 Å². The van der Waals surface area contributed by atoms with Crippen molar-refractivity contribution in [2.24, 2.45) is 0 Å². The van der Waals surface area contributed by atoms with E-state index in [-0.39, 0.29) is 11.8 Å². The third-order valence-electron chi connectivity index (χ3n) is 2.63. The molecular formula is C13H20N2O5. The number of nitrogens with one attached hydrogen (secondary N) is 1. The summed E-state index contributed by atoms with van der Waals surface area (Å²) < 4.78 is 15.5. The largest absolute Gasteiger partial charge is 0.494 e. The van der Waals surface area contributed by atoms with Crippen LogP contribution in [-0.2, 0) is 9.47 Å². The predicted molar refractivity (Wildman–Crippen MR) is 75.4 cm³/mol. The van der Waals surface area contributed by atoms with Crippen molar-refractivity contribution < 1.29 is 19.1 Å². The van der Waals surface area contributed by atoms with Crippen LogP contribution in [0.4, 0.5) is 11.4 Å². The normalized spacial score (nSPS) is 11.9. The monoisotopic (exact) mass is 284 g/mol. The molecule has 0 saturated carbocycles. The molecule has 0 spiro atoms. The Morgan fingerprint density at radius 3 is 2.65 bits per heavy atom. The first-order valence-corrected chi connectivity index (χ1v) is 6.28. The molecule has 0 fully saturated rings. The van der Waals surface area contributed by atoms with Gasteiger partial charge >= 0.3 is 0 Å². The number of nitro benzene ring substituents is 1. The highest BCUT2D eigenvalue weighted by atomic mass is 16.6. The van der Waals surface area contributed by atoms with Crippen molar-refractivity contribution in [1.29, 1.82) is 0 Å². The van der Waals surface area contributed by atoms with E-state index in [2.05, 4.69) is 5.32 Å². The highest BCUT2D eigenvalue weighted by molar-refractivity contribution is 5.56. The van der Waals surface area contributed by atoms with E-state index in [1.807, 2.05) is 6.92 Å². The Kier molecular flexibility index (Phi) is 6.75. The van der Waals surface area contributed by atoms with E-state index in [4.69, 9.17) is 14.2 Å². The Bertz CT molecular complexity index is 439.